The van der Waals surface area contributed by atoms with Crippen LogP contribution in [0.5, 0.6) is 0 Å². The Morgan fingerprint density at radius 3 is 2.50 bits per heavy atom. The van der Waals surface area contributed by atoms with Gasteiger partial charge in [0.15, 0.2) is 0 Å². The van der Waals surface area contributed by atoms with E-state index in [2.05, 4.69) is 12.2 Å². The lowest BCUT2D eigenvalue weighted by molar-refractivity contribution is 0.0427. The van der Waals surface area contributed by atoms with Crippen molar-refractivity contribution in [2.45, 2.75) is 13.3 Å². The van der Waals surface area contributed by atoms with Crippen molar-refractivity contribution in [1.82, 2.24) is 5.32 Å². The number of nitrogens with one attached hydrogen (secondary N) is 1. The number of rotatable bonds is 6. The van der Waals surface area contributed by atoms with Crippen molar-refractivity contribution in [1.29, 1.82) is 0 Å². The highest BCUT2D eigenvalue weighted by Gasteiger charge is 2.30. The summed E-state index contributed by atoms with van der Waals surface area (Å²) in [5, 5.41) is 3.27. The lowest BCUT2D eigenvalue weighted by atomic mass is 9.81. The fourth-order valence-electron chi connectivity index (χ4n) is 1.29. The fraction of sp³-hybridized carbons (Fsp3) is 1.00. The van der Waals surface area contributed by atoms with Gasteiger partial charge in [0.25, 0.3) is 0 Å². The minimum Gasteiger partial charge on any atom is -0.382 e. The lowest BCUT2D eigenvalue weighted by Gasteiger charge is -2.39. The molecule has 1 N–H and O–H groups in total. The summed E-state index contributed by atoms with van der Waals surface area (Å²) in [6.07, 6.45) is 1.16. The van der Waals surface area contributed by atoms with Crippen LogP contribution in [0, 0.1) is 5.41 Å². The average Bonchev–Trinajstić information content (AvgIpc) is 2.01. The van der Waals surface area contributed by atoms with E-state index in [4.69, 9.17) is 9.47 Å². The molecule has 0 aromatic carbocycles. The van der Waals surface area contributed by atoms with Gasteiger partial charge in [0, 0.05) is 26.8 Å². The molecule has 0 aliphatic carbocycles. The van der Waals surface area contributed by atoms with E-state index in [1.54, 1.807) is 7.11 Å². The van der Waals surface area contributed by atoms with Gasteiger partial charge in [-0.25, -0.2) is 0 Å². The zero-order valence-electron chi connectivity index (χ0n) is 8.06. The summed E-state index contributed by atoms with van der Waals surface area (Å²) in [5.41, 5.74) is 0.493. The number of ether oxygens (including phenoxy) is 2. The fourth-order valence-corrected chi connectivity index (χ4v) is 1.29. The Bertz CT molecular complexity index is 124. The first-order chi connectivity index (χ1) is 5.77. The van der Waals surface area contributed by atoms with E-state index in [0.717, 1.165) is 32.7 Å². The van der Waals surface area contributed by atoms with Crippen LogP contribution in [0.15, 0.2) is 0 Å². The average molecular weight is 173 g/mol. The van der Waals surface area contributed by atoms with Crippen molar-refractivity contribution in [2.75, 3.05) is 40.0 Å². The smallest absolute Gasteiger partial charge is 0.0700 e. The molecule has 1 heterocycles. The van der Waals surface area contributed by atoms with Gasteiger partial charge in [-0.1, -0.05) is 6.92 Å². The molecule has 0 bridgehead atoms. The molecule has 0 saturated carbocycles. The van der Waals surface area contributed by atoms with E-state index >= 15 is 0 Å². The molecule has 0 radical (unpaired) electrons. The summed E-state index contributed by atoms with van der Waals surface area (Å²) >= 11 is 0. The van der Waals surface area contributed by atoms with Crippen molar-refractivity contribution >= 4 is 0 Å². The van der Waals surface area contributed by atoms with E-state index in [-0.39, 0.29) is 0 Å². The van der Waals surface area contributed by atoms with E-state index in [9.17, 15) is 0 Å². The van der Waals surface area contributed by atoms with Crippen LogP contribution in [0.3, 0.4) is 0 Å². The van der Waals surface area contributed by atoms with Crippen LogP contribution in [-0.2, 0) is 9.47 Å². The Morgan fingerprint density at radius 2 is 2.00 bits per heavy atom. The molecular weight excluding hydrogens is 154 g/mol. The minimum atomic E-state index is 0.493. The third-order valence-corrected chi connectivity index (χ3v) is 2.39. The Labute approximate surface area is 74.4 Å². The first kappa shape index (κ1) is 9.96. The first-order valence-corrected chi connectivity index (χ1v) is 4.54. The predicted octanol–water partition coefficient (Wildman–Crippen LogP) is 0.649. The van der Waals surface area contributed by atoms with Gasteiger partial charge in [-0.15, -0.1) is 0 Å². The predicted molar refractivity (Wildman–Crippen MR) is 48.3 cm³/mol. The zero-order valence-corrected chi connectivity index (χ0v) is 8.06. The summed E-state index contributed by atoms with van der Waals surface area (Å²) in [5.74, 6) is 0. The molecule has 1 fully saturated rings. The molecule has 0 atom stereocenters. The third-order valence-electron chi connectivity index (χ3n) is 2.39. The molecule has 0 amide bonds. The molecule has 1 aliphatic heterocycles. The van der Waals surface area contributed by atoms with Crippen LogP contribution in [0.1, 0.15) is 13.3 Å². The number of hydrogen-bond acceptors (Lipinski definition) is 3. The van der Waals surface area contributed by atoms with Crippen LogP contribution in [-0.4, -0.2) is 40.0 Å². The van der Waals surface area contributed by atoms with Crippen LogP contribution in [0.4, 0.5) is 0 Å². The SMILES string of the molecule is COCCOCCC1(C)CNC1. The quantitative estimate of drug-likeness (QED) is 0.598. The van der Waals surface area contributed by atoms with Crippen LogP contribution < -0.4 is 5.32 Å². The maximum absolute atomic E-state index is 5.39. The van der Waals surface area contributed by atoms with Gasteiger partial charge in [-0.2, -0.15) is 0 Å². The summed E-state index contributed by atoms with van der Waals surface area (Å²) in [7, 11) is 1.69. The molecule has 1 rings (SSSR count). The Hall–Kier alpha value is -0.120. The monoisotopic (exact) mass is 173 g/mol. The van der Waals surface area contributed by atoms with Crippen molar-refractivity contribution in [3.8, 4) is 0 Å². The van der Waals surface area contributed by atoms with Gasteiger partial charge in [0.1, 0.15) is 0 Å². The van der Waals surface area contributed by atoms with Crippen LogP contribution in [0.25, 0.3) is 0 Å². The Kier molecular flexibility index (Phi) is 3.98. The highest BCUT2D eigenvalue weighted by Crippen LogP contribution is 2.25. The summed E-state index contributed by atoms with van der Waals surface area (Å²) < 4.78 is 10.3. The van der Waals surface area contributed by atoms with Crippen molar-refractivity contribution in [3.05, 3.63) is 0 Å². The zero-order chi connectivity index (χ0) is 8.86. The van der Waals surface area contributed by atoms with Crippen LogP contribution in [0.2, 0.25) is 0 Å². The van der Waals surface area contributed by atoms with Crippen molar-refractivity contribution in [2.24, 2.45) is 5.41 Å². The minimum absolute atomic E-state index is 0.493. The molecule has 72 valence electrons. The second kappa shape index (κ2) is 4.80. The van der Waals surface area contributed by atoms with Gasteiger partial charge in [0.05, 0.1) is 13.2 Å². The second-order valence-corrected chi connectivity index (χ2v) is 3.77. The molecule has 1 aliphatic rings. The number of hydrogen-bond donors (Lipinski definition) is 1. The van der Waals surface area contributed by atoms with E-state index in [0.29, 0.717) is 12.0 Å². The number of methoxy groups -OCH3 is 1. The molecule has 3 nitrogen and oxygen atoms in total. The summed E-state index contributed by atoms with van der Waals surface area (Å²) in [6.45, 7) is 6.86. The molecule has 12 heavy (non-hydrogen) atoms. The molecule has 3 heteroatoms. The van der Waals surface area contributed by atoms with E-state index in [1.165, 1.54) is 0 Å². The Morgan fingerprint density at radius 1 is 1.25 bits per heavy atom. The molecule has 1 saturated heterocycles. The summed E-state index contributed by atoms with van der Waals surface area (Å²) in [6, 6.07) is 0. The topological polar surface area (TPSA) is 30.5 Å². The first-order valence-electron chi connectivity index (χ1n) is 4.54. The molecular formula is C9H19NO2. The van der Waals surface area contributed by atoms with Crippen molar-refractivity contribution in [3.63, 3.8) is 0 Å². The normalized spacial score (nSPS) is 20.5. The summed E-state index contributed by atoms with van der Waals surface area (Å²) in [4.78, 5) is 0. The van der Waals surface area contributed by atoms with Crippen molar-refractivity contribution < 1.29 is 9.47 Å². The molecule has 0 aromatic rings. The molecule has 0 spiro atoms. The maximum atomic E-state index is 5.39. The van der Waals surface area contributed by atoms with E-state index in [1.807, 2.05) is 0 Å². The largest absolute Gasteiger partial charge is 0.382 e. The maximum Gasteiger partial charge on any atom is 0.0700 e. The van der Waals surface area contributed by atoms with Gasteiger partial charge < -0.3 is 14.8 Å². The highest BCUT2D eigenvalue weighted by molar-refractivity contribution is 4.87. The Balaban J connectivity index is 1.88. The third kappa shape index (κ3) is 3.09. The van der Waals surface area contributed by atoms with E-state index < -0.39 is 0 Å². The van der Waals surface area contributed by atoms with Gasteiger partial charge in [0.2, 0.25) is 0 Å². The van der Waals surface area contributed by atoms with Gasteiger partial charge in [-0.3, -0.25) is 0 Å². The standard InChI is InChI=1S/C9H19NO2/c1-9(7-10-8-9)3-4-12-6-5-11-2/h10H,3-8H2,1-2H3. The molecule has 0 aromatic heterocycles. The van der Waals surface area contributed by atoms with Gasteiger partial charge in [-0.05, 0) is 11.8 Å². The van der Waals surface area contributed by atoms with Crippen LogP contribution >= 0.6 is 0 Å². The molecule has 0 unspecified atom stereocenters. The lowest BCUT2D eigenvalue weighted by Crippen LogP contribution is -2.51. The van der Waals surface area contributed by atoms with Gasteiger partial charge >= 0.3 is 0 Å². The highest BCUT2D eigenvalue weighted by atomic mass is 16.5. The second-order valence-electron chi connectivity index (χ2n) is 3.77.